The maximum Gasteiger partial charge on any atom is 0.344 e. The average molecular weight is 875 g/mol. The zero-order valence-corrected chi connectivity index (χ0v) is 37.3. The second-order valence-corrected chi connectivity index (χ2v) is 5.72. The standard InChI is InChI=1S/C6H9O4.3C6H5.3C2H6.CClO.CH2NO.2H3N.3Y/c1-5(2)3-9-6(8)10-4-7;3*1-2-4-6-5-3-1;3*1-2;2*2-1-3;;;;;/h5H,3H2,1-2H3;3*1-5H;3*1-2H3;;(H2,2,3);2*1H3;;;/q4*-1;;;;2*-1;;;;;. The molecule has 0 aromatic heterocycles. The summed E-state index contributed by atoms with van der Waals surface area (Å²) in [5, 5.41) is 0. The first-order valence-corrected chi connectivity index (χ1v) is 12.9. The molecule has 1 amide bonds. The van der Waals surface area contributed by atoms with Crippen molar-refractivity contribution < 1.29 is 127 Å². The Morgan fingerprint density at radius 2 is 0.889 bits per heavy atom. The van der Waals surface area contributed by atoms with E-state index in [-0.39, 0.29) is 123 Å². The van der Waals surface area contributed by atoms with Gasteiger partial charge in [0, 0.05) is 98.1 Å². The van der Waals surface area contributed by atoms with Crippen molar-refractivity contribution in [3.63, 3.8) is 0 Å². The van der Waals surface area contributed by atoms with Crippen LogP contribution in [0, 0.1) is 24.1 Å². The van der Waals surface area contributed by atoms with E-state index >= 15 is 0 Å². The smallest absolute Gasteiger partial charge is 0.344 e. The van der Waals surface area contributed by atoms with Crippen LogP contribution in [0.1, 0.15) is 55.4 Å². The molecule has 3 radical (unpaired) electrons. The van der Waals surface area contributed by atoms with Gasteiger partial charge in [-0.3, -0.25) is 0 Å². The summed E-state index contributed by atoms with van der Waals surface area (Å²) in [5.74, 6) is 1.21. The van der Waals surface area contributed by atoms with Gasteiger partial charge >= 0.3 is 6.16 Å². The molecule has 0 unspecified atom stereocenters. The molecule has 0 spiro atoms. The number of rotatable bonds is 3. The number of halogens is 1. The van der Waals surface area contributed by atoms with E-state index in [1.54, 1.807) is 0 Å². The monoisotopic (exact) mass is 874 g/mol. The van der Waals surface area contributed by atoms with E-state index in [1.807, 2.05) is 146 Å². The quantitative estimate of drug-likeness (QED) is 0.0777. The Hall–Kier alpha value is -0.738. The predicted molar refractivity (Wildman–Crippen MR) is 174 cm³/mol. The number of hydrogen-bond donors (Lipinski definition) is 3. The summed E-state index contributed by atoms with van der Waals surface area (Å²) in [7, 11) is 0. The number of benzene rings is 3. The third-order valence-electron chi connectivity index (χ3n) is 2.48. The Morgan fingerprint density at radius 3 is 1.00 bits per heavy atom. The molecule has 0 aliphatic carbocycles. The first-order chi connectivity index (χ1) is 19.5. The molecule has 3 aromatic rings. The van der Waals surface area contributed by atoms with Crippen LogP contribution < -0.4 is 18.0 Å². The topological polar surface area (TPSA) is 183 Å². The molecule has 9 nitrogen and oxygen atoms in total. The molecule has 13 heteroatoms. The number of hydrogen-bond acceptors (Lipinski definition) is 8. The van der Waals surface area contributed by atoms with Gasteiger partial charge in [0.2, 0.25) is 0 Å². The van der Waals surface area contributed by atoms with Crippen molar-refractivity contribution in [1.29, 1.82) is 0 Å². The van der Waals surface area contributed by atoms with Crippen LogP contribution in [-0.4, -0.2) is 31.4 Å². The fraction of sp³-hybridized carbons (Fsp3) is 0.312. The van der Waals surface area contributed by atoms with Crippen LogP contribution in [0.3, 0.4) is 0 Å². The summed E-state index contributed by atoms with van der Waals surface area (Å²) < 4.78 is 8.15. The zero-order valence-electron chi connectivity index (χ0n) is 28.0. The minimum absolute atomic E-state index is 0. The van der Waals surface area contributed by atoms with Crippen molar-refractivity contribution in [3.8, 4) is 0 Å². The second-order valence-electron chi connectivity index (χ2n) is 5.57. The Morgan fingerprint density at radius 1 is 0.667 bits per heavy atom. The first kappa shape index (κ1) is 74.9. The van der Waals surface area contributed by atoms with E-state index in [0.29, 0.717) is 0 Å². The first-order valence-electron chi connectivity index (χ1n) is 12.5. The fourth-order valence-electron chi connectivity index (χ4n) is 1.32. The third-order valence-corrected chi connectivity index (χ3v) is 2.48. The maximum atomic E-state index is 10.2. The fourth-order valence-corrected chi connectivity index (χ4v) is 1.32. The van der Waals surface area contributed by atoms with Crippen molar-refractivity contribution in [2.75, 3.05) is 6.61 Å². The zero-order chi connectivity index (χ0) is 32.1. The summed E-state index contributed by atoms with van der Waals surface area (Å²) in [6.07, 6.45) is 0.00343. The van der Waals surface area contributed by atoms with Gasteiger partial charge in [0.05, 0.1) is 6.61 Å². The number of amides is 1. The van der Waals surface area contributed by atoms with Crippen LogP contribution in [0.4, 0.5) is 4.79 Å². The van der Waals surface area contributed by atoms with Gasteiger partial charge in [-0.1, -0.05) is 55.4 Å². The molecule has 0 saturated heterocycles. The Bertz CT molecular complexity index is 641. The summed E-state index contributed by atoms with van der Waals surface area (Å²) in [4.78, 5) is 36.6. The van der Waals surface area contributed by atoms with Gasteiger partial charge in [-0.2, -0.15) is 121 Å². The average Bonchev–Trinajstić information content (AvgIpc) is 3.04. The summed E-state index contributed by atoms with van der Waals surface area (Å²) in [6.45, 7) is 17.0. The molecule has 251 valence electrons. The van der Waals surface area contributed by atoms with Gasteiger partial charge in [0.25, 0.3) is 0 Å². The van der Waals surface area contributed by atoms with Crippen LogP contribution >= 0.6 is 11.6 Å². The Balaban J connectivity index is -0.0000000334. The molecular weight excluding hydrogens is 825 g/mol. The van der Waals surface area contributed by atoms with E-state index in [4.69, 9.17) is 9.59 Å². The minimum atomic E-state index is -0.997. The predicted octanol–water partition coefficient (Wildman–Crippen LogP) is 8.02. The van der Waals surface area contributed by atoms with Crippen molar-refractivity contribution in [2.24, 2.45) is 11.7 Å². The number of primary amides is 1. The molecule has 0 saturated carbocycles. The summed E-state index contributed by atoms with van der Waals surface area (Å²) in [6, 6.07) is 37.5. The normalized spacial score (nSPS) is 6.18. The molecule has 8 N–H and O–H groups in total. The van der Waals surface area contributed by atoms with E-state index in [0.717, 1.165) is 18.6 Å². The molecule has 45 heavy (non-hydrogen) atoms. The molecule has 0 atom stereocenters. The van der Waals surface area contributed by atoms with Gasteiger partial charge in [-0.25, -0.2) is 0 Å². The Labute approximate surface area is 354 Å². The molecule has 0 bridgehead atoms. The van der Waals surface area contributed by atoms with Gasteiger partial charge < -0.3 is 58.3 Å². The van der Waals surface area contributed by atoms with Gasteiger partial charge in [-0.05, 0) is 5.92 Å². The molecule has 0 fully saturated rings. The minimum Gasteiger partial charge on any atom is -0.553 e. The van der Waals surface area contributed by atoms with Gasteiger partial charge in [-0.15, -0.1) is 0 Å². The largest absolute Gasteiger partial charge is 0.553 e. The number of carbonyl (C=O) groups is 1. The van der Waals surface area contributed by atoms with E-state index in [9.17, 15) is 9.59 Å². The molecule has 3 aromatic carbocycles. The van der Waals surface area contributed by atoms with Crippen LogP contribution in [0.25, 0.3) is 0 Å². The molecule has 0 aliphatic heterocycles. The SMILES string of the molecule is CC.CC.CC.CC(C)COC(=O)O[C-]=O.N.N.N[C-]=O.O=[C-]Cl.[Y].[Y].[Y].[c-]1ccccc1.[c-]1ccccc1.[c-]1ccccc1. The Kier molecular flexibility index (Phi) is 150. The summed E-state index contributed by atoms with van der Waals surface area (Å²) >= 11 is 4.19. The van der Waals surface area contributed by atoms with Crippen molar-refractivity contribution in [3.05, 3.63) is 109 Å². The van der Waals surface area contributed by atoms with Crippen molar-refractivity contribution in [1.82, 2.24) is 12.3 Å². The van der Waals surface area contributed by atoms with E-state index in [2.05, 4.69) is 45.0 Å². The number of ether oxygens (including phenoxy) is 2. The third kappa shape index (κ3) is 115. The molecule has 3 rings (SSSR count). The molecular formula is C32H50ClN3O6Y3-6. The van der Waals surface area contributed by atoms with Crippen molar-refractivity contribution in [2.45, 2.75) is 55.4 Å². The van der Waals surface area contributed by atoms with Crippen molar-refractivity contribution >= 4 is 36.4 Å². The van der Waals surface area contributed by atoms with Crippen LogP contribution in [0.5, 0.6) is 0 Å². The van der Waals surface area contributed by atoms with Crippen LogP contribution in [0.15, 0.2) is 91.0 Å². The van der Waals surface area contributed by atoms with E-state index < -0.39 is 6.16 Å². The van der Waals surface area contributed by atoms with Gasteiger partial charge in [0.15, 0.2) is 6.47 Å². The van der Waals surface area contributed by atoms with Crippen LogP contribution in [0.2, 0.25) is 0 Å². The molecule has 0 aliphatic rings. The summed E-state index contributed by atoms with van der Waals surface area (Å²) in [5.41, 5.74) is 4.04. The van der Waals surface area contributed by atoms with Crippen LogP contribution in [-0.2, 0) is 122 Å². The molecule has 0 heterocycles. The van der Waals surface area contributed by atoms with Gasteiger partial charge in [0.1, 0.15) is 0 Å². The number of nitrogens with two attached hydrogens (primary N) is 1. The maximum absolute atomic E-state index is 10.2. The second kappa shape index (κ2) is 90.2. The van der Waals surface area contributed by atoms with E-state index in [1.165, 1.54) is 0 Å². The number of carbonyl (C=O) groups excluding carboxylic acids is 4.